The van der Waals surface area contributed by atoms with Crippen LogP contribution in [0.5, 0.6) is 0 Å². The van der Waals surface area contributed by atoms with Crippen LogP contribution in [0.3, 0.4) is 0 Å². The van der Waals surface area contributed by atoms with E-state index in [0.717, 1.165) is 12.8 Å². The van der Waals surface area contributed by atoms with E-state index in [1.165, 1.54) is 22.3 Å². The van der Waals surface area contributed by atoms with Crippen molar-refractivity contribution in [1.29, 1.82) is 0 Å². The Morgan fingerprint density at radius 2 is 0.900 bits per heavy atom. The van der Waals surface area contributed by atoms with Crippen LogP contribution in [0.4, 0.5) is 0 Å². The second-order valence-corrected chi connectivity index (χ2v) is 4.62. The zero-order valence-corrected chi connectivity index (χ0v) is 13.0. The van der Waals surface area contributed by atoms with Crippen molar-refractivity contribution in [3.63, 3.8) is 0 Å². The first-order valence-corrected chi connectivity index (χ1v) is 7.82. The number of hydrogen-bond acceptors (Lipinski definition) is 0. The molecular formula is C20H24. The van der Waals surface area contributed by atoms with Gasteiger partial charge in [0.1, 0.15) is 0 Å². The van der Waals surface area contributed by atoms with Crippen molar-refractivity contribution < 1.29 is 0 Å². The molecule has 0 unspecified atom stereocenters. The van der Waals surface area contributed by atoms with Crippen molar-refractivity contribution in [2.75, 3.05) is 0 Å². The summed E-state index contributed by atoms with van der Waals surface area (Å²) < 4.78 is 0. The van der Waals surface area contributed by atoms with Gasteiger partial charge in [0.15, 0.2) is 0 Å². The molecule has 0 saturated heterocycles. The maximum absolute atomic E-state index is 2.27. The molecule has 0 bridgehead atoms. The molecule has 0 radical (unpaired) electrons. The molecule has 0 amide bonds. The number of rotatable bonds is 0. The summed E-state index contributed by atoms with van der Waals surface area (Å²) >= 11 is 0. The van der Waals surface area contributed by atoms with Gasteiger partial charge in [-0.05, 0) is 46.2 Å². The molecular weight excluding hydrogens is 240 g/mol. The number of hydrogen-bond donors (Lipinski definition) is 0. The molecule has 0 nitrogen and oxygen atoms in total. The van der Waals surface area contributed by atoms with Gasteiger partial charge in [-0.1, -0.05) is 76.2 Å². The topological polar surface area (TPSA) is 0 Å². The lowest BCUT2D eigenvalue weighted by Crippen LogP contribution is -1.90. The van der Waals surface area contributed by atoms with E-state index in [-0.39, 0.29) is 0 Å². The Hall–Kier alpha value is -1.82. The van der Waals surface area contributed by atoms with Crippen LogP contribution in [0.2, 0.25) is 0 Å². The van der Waals surface area contributed by atoms with Crippen molar-refractivity contribution in [2.24, 2.45) is 0 Å². The highest BCUT2D eigenvalue weighted by Gasteiger charge is 2.28. The molecule has 20 heavy (non-hydrogen) atoms. The Labute approximate surface area is 123 Å². The summed E-state index contributed by atoms with van der Waals surface area (Å²) in [6, 6.07) is 17.6. The Morgan fingerprint density at radius 3 is 1.30 bits per heavy atom. The summed E-state index contributed by atoms with van der Waals surface area (Å²) in [7, 11) is 0. The van der Waals surface area contributed by atoms with Gasteiger partial charge in [0.05, 0.1) is 0 Å². The van der Waals surface area contributed by atoms with Gasteiger partial charge in [0.2, 0.25) is 0 Å². The normalized spacial score (nSPS) is 13.4. The summed E-state index contributed by atoms with van der Waals surface area (Å²) in [6.07, 6.45) is 2.26. The minimum absolute atomic E-state index is 1.13. The van der Waals surface area contributed by atoms with Crippen molar-refractivity contribution >= 4 is 11.1 Å². The predicted molar refractivity (Wildman–Crippen MR) is 89.8 cm³/mol. The van der Waals surface area contributed by atoms with Crippen LogP contribution < -0.4 is 0 Å². The van der Waals surface area contributed by atoms with E-state index in [1.54, 1.807) is 11.1 Å². The summed E-state index contributed by atoms with van der Waals surface area (Å²) in [5.41, 5.74) is 9.10. The predicted octanol–water partition coefficient (Wildman–Crippen LogP) is 5.76. The van der Waals surface area contributed by atoms with Crippen LogP contribution >= 0.6 is 0 Å². The fourth-order valence-electron chi connectivity index (χ4n) is 3.05. The maximum Gasteiger partial charge on any atom is -0.00106 e. The van der Waals surface area contributed by atoms with Crippen LogP contribution in [0.25, 0.3) is 11.1 Å². The summed E-state index contributed by atoms with van der Waals surface area (Å²) in [6.45, 7) is 8.00. The number of fused-ring (bicyclic) bond motifs is 4. The number of allylic oxidation sites excluding steroid dienone is 2. The average molecular weight is 264 g/mol. The van der Waals surface area contributed by atoms with Gasteiger partial charge >= 0.3 is 0 Å². The minimum Gasteiger partial charge on any atom is -0.0683 e. The van der Waals surface area contributed by atoms with Crippen molar-refractivity contribution in [1.82, 2.24) is 0 Å². The third-order valence-electron chi connectivity index (χ3n) is 3.78. The summed E-state index contributed by atoms with van der Waals surface area (Å²) in [5.74, 6) is 0. The van der Waals surface area contributed by atoms with Gasteiger partial charge in [-0.15, -0.1) is 0 Å². The van der Waals surface area contributed by atoms with E-state index in [2.05, 4.69) is 48.5 Å². The molecule has 0 fully saturated rings. The van der Waals surface area contributed by atoms with Crippen LogP contribution in [-0.4, -0.2) is 0 Å². The van der Waals surface area contributed by atoms with Gasteiger partial charge in [-0.3, -0.25) is 0 Å². The first kappa shape index (κ1) is 14.6. The van der Waals surface area contributed by atoms with Crippen molar-refractivity contribution in [3.8, 4) is 0 Å². The molecule has 0 heteroatoms. The van der Waals surface area contributed by atoms with E-state index < -0.39 is 0 Å². The third kappa shape index (κ3) is 2.31. The molecule has 104 valence electrons. The molecule has 0 aromatic heterocycles. The summed E-state index contributed by atoms with van der Waals surface area (Å²) in [4.78, 5) is 0. The highest BCUT2D eigenvalue weighted by molar-refractivity contribution is 6.02. The molecule has 2 aromatic rings. The molecule has 2 aliphatic rings. The Balaban J connectivity index is 0.000000340. The standard InChI is InChI=1S/C16H12.2C2H6/c1-3-7-13-11(5-1)9-15-14-8-4-2-6-12(14)10-16(13)15;2*1-2/h1-8H,9-10H2;2*1-2H3. The van der Waals surface area contributed by atoms with Gasteiger partial charge < -0.3 is 0 Å². The van der Waals surface area contributed by atoms with Crippen LogP contribution in [0.15, 0.2) is 48.5 Å². The molecule has 0 spiro atoms. The molecule has 0 saturated carbocycles. The smallest absolute Gasteiger partial charge is 0.00106 e. The maximum atomic E-state index is 2.27. The second-order valence-electron chi connectivity index (χ2n) is 4.62. The van der Waals surface area contributed by atoms with Gasteiger partial charge in [0, 0.05) is 0 Å². The Morgan fingerprint density at radius 1 is 0.550 bits per heavy atom. The first-order chi connectivity index (χ1) is 9.93. The Bertz CT molecular complexity index is 562. The van der Waals surface area contributed by atoms with Gasteiger partial charge in [-0.2, -0.15) is 0 Å². The SMILES string of the molecule is CC.CC.c1ccc2c(c1)CC1=C2Cc2ccccc21. The quantitative estimate of drug-likeness (QED) is 0.567. The highest BCUT2D eigenvalue weighted by atomic mass is 14.3. The van der Waals surface area contributed by atoms with Crippen molar-refractivity contribution in [2.45, 2.75) is 40.5 Å². The van der Waals surface area contributed by atoms with Gasteiger partial charge in [-0.25, -0.2) is 0 Å². The molecule has 0 N–H and O–H groups in total. The lowest BCUT2D eigenvalue weighted by molar-refractivity contribution is 1.26. The fraction of sp³-hybridized carbons (Fsp3) is 0.300. The minimum atomic E-state index is 1.13. The molecule has 2 aromatic carbocycles. The van der Waals surface area contributed by atoms with Gasteiger partial charge in [0.25, 0.3) is 0 Å². The van der Waals surface area contributed by atoms with E-state index in [1.807, 2.05) is 27.7 Å². The summed E-state index contributed by atoms with van der Waals surface area (Å²) in [5, 5.41) is 0. The molecule has 0 aliphatic heterocycles. The zero-order valence-electron chi connectivity index (χ0n) is 13.0. The largest absolute Gasteiger partial charge is 0.0683 e. The Kier molecular flexibility index (Phi) is 4.79. The molecule has 0 atom stereocenters. The van der Waals surface area contributed by atoms with E-state index >= 15 is 0 Å². The van der Waals surface area contributed by atoms with Crippen molar-refractivity contribution in [3.05, 3.63) is 70.8 Å². The average Bonchev–Trinajstić information content (AvgIpc) is 3.07. The van der Waals surface area contributed by atoms with Crippen LogP contribution in [0, 0.1) is 0 Å². The second kappa shape index (κ2) is 6.56. The van der Waals surface area contributed by atoms with E-state index in [4.69, 9.17) is 0 Å². The third-order valence-corrected chi connectivity index (χ3v) is 3.78. The van der Waals surface area contributed by atoms with Crippen LogP contribution in [-0.2, 0) is 12.8 Å². The zero-order chi connectivity index (χ0) is 14.5. The van der Waals surface area contributed by atoms with Crippen LogP contribution in [0.1, 0.15) is 49.9 Å². The molecule has 2 aliphatic carbocycles. The number of benzene rings is 2. The lowest BCUT2D eigenvalue weighted by atomic mass is 9.99. The lowest BCUT2D eigenvalue weighted by Gasteiger charge is -2.05. The first-order valence-electron chi connectivity index (χ1n) is 7.82. The molecule has 0 heterocycles. The van der Waals surface area contributed by atoms with E-state index in [0.29, 0.717) is 0 Å². The molecule has 4 rings (SSSR count). The van der Waals surface area contributed by atoms with E-state index in [9.17, 15) is 0 Å². The fourth-order valence-corrected chi connectivity index (χ4v) is 3.05. The highest BCUT2D eigenvalue weighted by Crippen LogP contribution is 2.45. The monoisotopic (exact) mass is 264 g/mol.